The van der Waals surface area contributed by atoms with Crippen LogP contribution in [0, 0.1) is 0 Å². The van der Waals surface area contributed by atoms with Crippen molar-refractivity contribution in [2.45, 2.75) is 12.7 Å². The van der Waals surface area contributed by atoms with Crippen molar-refractivity contribution in [3.05, 3.63) is 28.8 Å². The van der Waals surface area contributed by atoms with Gasteiger partial charge in [-0.05, 0) is 17.7 Å². The average Bonchev–Trinajstić information content (AvgIpc) is 2.20. The highest BCUT2D eigenvalue weighted by Gasteiger charge is 2.30. The number of anilines is 1. The highest BCUT2D eigenvalue weighted by molar-refractivity contribution is 6.30. The molecule has 0 aliphatic rings. The second-order valence-corrected chi connectivity index (χ2v) is 4.33. The molecule has 0 aromatic heterocycles. The van der Waals surface area contributed by atoms with Crippen molar-refractivity contribution in [3.8, 4) is 0 Å². The summed E-state index contributed by atoms with van der Waals surface area (Å²) in [5.41, 5.74) is 6.57. The molecule has 0 amide bonds. The third kappa shape index (κ3) is 5.12. The van der Waals surface area contributed by atoms with Gasteiger partial charge in [0.05, 0.1) is 13.2 Å². The molecule has 0 aliphatic carbocycles. The van der Waals surface area contributed by atoms with Crippen molar-refractivity contribution >= 4 is 17.3 Å². The number of aliphatic hydroxyl groups excluding tert-OH is 1. The molecule has 1 aromatic carbocycles. The molecule has 18 heavy (non-hydrogen) atoms. The lowest BCUT2D eigenvalue weighted by molar-refractivity contribution is -0.147. The number of nitrogens with zero attached hydrogens (tertiary/aromatic N) is 1. The molecule has 0 radical (unpaired) electrons. The highest BCUT2D eigenvalue weighted by atomic mass is 35.5. The van der Waals surface area contributed by atoms with Crippen LogP contribution < -0.4 is 5.73 Å². The summed E-state index contributed by atoms with van der Waals surface area (Å²) in [5.74, 6) is 0. The minimum Gasteiger partial charge on any atom is -0.398 e. The van der Waals surface area contributed by atoms with Crippen LogP contribution in [0.1, 0.15) is 5.56 Å². The van der Waals surface area contributed by atoms with Gasteiger partial charge in [-0.1, -0.05) is 17.7 Å². The molecule has 7 heteroatoms. The van der Waals surface area contributed by atoms with Crippen LogP contribution in [0.3, 0.4) is 0 Å². The normalized spacial score (nSPS) is 12.1. The first-order valence-corrected chi connectivity index (χ1v) is 5.63. The lowest BCUT2D eigenvalue weighted by Crippen LogP contribution is -2.35. The van der Waals surface area contributed by atoms with Gasteiger partial charge in [0.25, 0.3) is 0 Å². The third-order valence-electron chi connectivity index (χ3n) is 2.32. The predicted molar refractivity (Wildman–Crippen MR) is 64.3 cm³/mol. The first kappa shape index (κ1) is 15.1. The maximum absolute atomic E-state index is 12.3. The highest BCUT2D eigenvalue weighted by Crippen LogP contribution is 2.22. The van der Waals surface area contributed by atoms with E-state index in [9.17, 15) is 13.2 Å². The van der Waals surface area contributed by atoms with Crippen LogP contribution in [0.25, 0.3) is 0 Å². The second-order valence-electron chi connectivity index (χ2n) is 3.89. The van der Waals surface area contributed by atoms with Gasteiger partial charge in [0, 0.05) is 23.8 Å². The number of rotatable bonds is 5. The number of alkyl halides is 3. The predicted octanol–water partition coefficient (Wildman–Crippen LogP) is 2.28. The molecule has 1 rings (SSSR count). The Morgan fingerprint density at radius 1 is 1.33 bits per heavy atom. The van der Waals surface area contributed by atoms with Crippen molar-refractivity contribution in [2.24, 2.45) is 0 Å². The summed E-state index contributed by atoms with van der Waals surface area (Å²) < 4.78 is 37.0. The second kappa shape index (κ2) is 6.26. The number of nitrogens with two attached hydrogens (primary N) is 1. The smallest absolute Gasteiger partial charge is 0.398 e. The van der Waals surface area contributed by atoms with E-state index in [1.54, 1.807) is 12.1 Å². The fourth-order valence-corrected chi connectivity index (χ4v) is 1.74. The van der Waals surface area contributed by atoms with E-state index in [4.69, 9.17) is 22.4 Å². The number of benzene rings is 1. The minimum atomic E-state index is -4.31. The molecule has 0 saturated heterocycles. The monoisotopic (exact) mass is 282 g/mol. The van der Waals surface area contributed by atoms with Crippen LogP contribution in [-0.4, -0.2) is 35.9 Å². The number of nitrogen functional groups attached to an aromatic ring is 1. The first-order valence-electron chi connectivity index (χ1n) is 5.25. The van der Waals surface area contributed by atoms with Gasteiger partial charge in [-0.15, -0.1) is 0 Å². The first-order chi connectivity index (χ1) is 8.31. The van der Waals surface area contributed by atoms with E-state index in [0.717, 1.165) is 4.90 Å². The third-order valence-corrected chi connectivity index (χ3v) is 2.56. The molecule has 0 unspecified atom stereocenters. The average molecular weight is 283 g/mol. The van der Waals surface area contributed by atoms with Crippen molar-refractivity contribution in [1.82, 2.24) is 4.90 Å². The quantitative estimate of drug-likeness (QED) is 0.815. The van der Waals surface area contributed by atoms with E-state index >= 15 is 0 Å². The summed E-state index contributed by atoms with van der Waals surface area (Å²) in [5, 5.41) is 9.19. The van der Waals surface area contributed by atoms with Gasteiger partial charge in [0.15, 0.2) is 0 Å². The summed E-state index contributed by atoms with van der Waals surface area (Å²) in [6.45, 7) is -1.48. The molecule has 3 N–H and O–H groups in total. The molecule has 3 nitrogen and oxygen atoms in total. The van der Waals surface area contributed by atoms with E-state index in [1.165, 1.54) is 6.07 Å². The van der Waals surface area contributed by atoms with Crippen LogP contribution in [0.2, 0.25) is 5.02 Å². The van der Waals surface area contributed by atoms with Gasteiger partial charge in [0.2, 0.25) is 0 Å². The molecule has 0 aliphatic heterocycles. The molecule has 0 bridgehead atoms. The summed E-state index contributed by atoms with van der Waals surface area (Å²) in [7, 11) is 0. The molecular weight excluding hydrogens is 269 g/mol. The fraction of sp³-hybridized carbons (Fsp3) is 0.455. The summed E-state index contributed by atoms with van der Waals surface area (Å²) in [4.78, 5) is 1.08. The van der Waals surface area contributed by atoms with Gasteiger partial charge in [-0.2, -0.15) is 13.2 Å². The molecule has 0 atom stereocenters. The van der Waals surface area contributed by atoms with E-state index in [2.05, 4.69) is 0 Å². The Morgan fingerprint density at radius 3 is 2.50 bits per heavy atom. The van der Waals surface area contributed by atoms with Crippen molar-refractivity contribution in [2.75, 3.05) is 25.4 Å². The molecule has 1 aromatic rings. The summed E-state index contributed by atoms with van der Waals surface area (Å²) >= 11 is 5.71. The molecule has 102 valence electrons. The molecule has 0 spiro atoms. The van der Waals surface area contributed by atoms with Gasteiger partial charge >= 0.3 is 6.18 Å². The van der Waals surface area contributed by atoms with Gasteiger partial charge in [-0.25, -0.2) is 0 Å². The lowest BCUT2D eigenvalue weighted by atomic mass is 10.1. The standard InChI is InChI=1S/C11H14ClF3N2O/c12-9-2-1-8(10(16)5-9)6-17(3-4-18)7-11(13,14)15/h1-2,5,18H,3-4,6-7,16H2. The van der Waals surface area contributed by atoms with E-state index < -0.39 is 12.7 Å². The van der Waals surface area contributed by atoms with Crippen LogP contribution in [-0.2, 0) is 6.54 Å². The maximum Gasteiger partial charge on any atom is 0.401 e. The zero-order chi connectivity index (χ0) is 13.8. The van der Waals surface area contributed by atoms with E-state index in [0.29, 0.717) is 16.3 Å². The lowest BCUT2D eigenvalue weighted by Gasteiger charge is -2.23. The Labute approximate surface area is 108 Å². The van der Waals surface area contributed by atoms with E-state index in [1.807, 2.05) is 0 Å². The fourth-order valence-electron chi connectivity index (χ4n) is 1.56. The molecule has 0 heterocycles. The topological polar surface area (TPSA) is 49.5 Å². The maximum atomic E-state index is 12.3. The van der Waals surface area contributed by atoms with Crippen LogP contribution in [0.5, 0.6) is 0 Å². The van der Waals surface area contributed by atoms with Gasteiger partial charge in [-0.3, -0.25) is 4.90 Å². The summed E-state index contributed by atoms with van der Waals surface area (Å²) in [6, 6.07) is 4.64. The van der Waals surface area contributed by atoms with Crippen LogP contribution in [0.4, 0.5) is 18.9 Å². The molecule has 0 saturated carbocycles. The summed E-state index contributed by atoms with van der Waals surface area (Å²) in [6.07, 6.45) is -4.31. The Bertz CT molecular complexity index is 398. The Balaban J connectivity index is 2.76. The van der Waals surface area contributed by atoms with Gasteiger partial charge < -0.3 is 10.8 Å². The largest absolute Gasteiger partial charge is 0.401 e. The Kier molecular flexibility index (Phi) is 5.25. The van der Waals surface area contributed by atoms with Gasteiger partial charge in [0.1, 0.15) is 0 Å². The molecular formula is C11H14ClF3N2O. The van der Waals surface area contributed by atoms with Crippen LogP contribution in [0.15, 0.2) is 18.2 Å². The minimum absolute atomic E-state index is 0.0169. The SMILES string of the molecule is Nc1cc(Cl)ccc1CN(CCO)CC(F)(F)F. The number of hydrogen-bond donors (Lipinski definition) is 2. The van der Waals surface area contributed by atoms with Crippen molar-refractivity contribution in [1.29, 1.82) is 0 Å². The van der Waals surface area contributed by atoms with Crippen molar-refractivity contribution in [3.63, 3.8) is 0 Å². The Morgan fingerprint density at radius 2 is 2.00 bits per heavy atom. The number of halogens is 4. The van der Waals surface area contributed by atoms with Crippen LogP contribution >= 0.6 is 11.6 Å². The number of hydrogen-bond acceptors (Lipinski definition) is 3. The zero-order valence-electron chi connectivity index (χ0n) is 9.54. The molecule has 0 fully saturated rings. The van der Waals surface area contributed by atoms with Crippen molar-refractivity contribution < 1.29 is 18.3 Å². The number of aliphatic hydroxyl groups is 1. The van der Waals surface area contributed by atoms with E-state index in [-0.39, 0.29) is 19.7 Å². The Hall–Kier alpha value is -0.980. The zero-order valence-corrected chi connectivity index (χ0v) is 10.3.